The fourth-order valence-electron chi connectivity index (χ4n) is 3.06. The third kappa shape index (κ3) is 4.20. The van der Waals surface area contributed by atoms with E-state index in [1.165, 1.54) is 10.2 Å². The second kappa shape index (κ2) is 8.28. The van der Waals surface area contributed by atoms with Crippen LogP contribution in [0.2, 0.25) is 0 Å². The van der Waals surface area contributed by atoms with E-state index in [2.05, 4.69) is 17.1 Å². The molecule has 0 saturated carbocycles. The predicted octanol–water partition coefficient (Wildman–Crippen LogP) is 2.58. The Morgan fingerprint density at radius 3 is 2.59 bits per heavy atom. The third-order valence-electron chi connectivity index (χ3n) is 4.69. The summed E-state index contributed by atoms with van der Waals surface area (Å²) >= 11 is 0. The van der Waals surface area contributed by atoms with E-state index < -0.39 is 6.10 Å². The van der Waals surface area contributed by atoms with E-state index >= 15 is 0 Å². The molecule has 2 heterocycles. The Morgan fingerprint density at radius 1 is 1.10 bits per heavy atom. The maximum Gasteiger partial charge on any atom is 0.295 e. The van der Waals surface area contributed by atoms with Crippen molar-refractivity contribution in [1.29, 1.82) is 0 Å². The van der Waals surface area contributed by atoms with Gasteiger partial charge in [0.25, 0.3) is 5.56 Å². The van der Waals surface area contributed by atoms with Crippen molar-refractivity contribution in [2.24, 2.45) is 0 Å². The van der Waals surface area contributed by atoms with Crippen LogP contribution >= 0.6 is 0 Å². The van der Waals surface area contributed by atoms with Crippen LogP contribution in [0.5, 0.6) is 5.75 Å². The fourth-order valence-corrected chi connectivity index (χ4v) is 3.06. The van der Waals surface area contributed by atoms with E-state index in [9.17, 15) is 9.90 Å². The minimum atomic E-state index is -0.875. The Morgan fingerprint density at radius 2 is 1.86 bits per heavy atom. The van der Waals surface area contributed by atoms with Gasteiger partial charge >= 0.3 is 0 Å². The van der Waals surface area contributed by atoms with Crippen LogP contribution in [-0.4, -0.2) is 37.4 Å². The van der Waals surface area contributed by atoms with Crippen LogP contribution in [0.15, 0.2) is 71.8 Å². The zero-order chi connectivity index (χ0) is 20.2. The second-order valence-corrected chi connectivity index (χ2v) is 6.81. The maximum atomic E-state index is 12.7. The van der Waals surface area contributed by atoms with Gasteiger partial charge in [-0.3, -0.25) is 4.79 Å². The van der Waals surface area contributed by atoms with Crippen molar-refractivity contribution in [1.82, 2.24) is 19.6 Å². The highest BCUT2D eigenvalue weighted by atomic mass is 16.5. The molecular formula is C22H22N4O3. The lowest BCUT2D eigenvalue weighted by atomic mass is 10.2. The minimum Gasteiger partial charge on any atom is -0.491 e. The van der Waals surface area contributed by atoms with E-state index in [-0.39, 0.29) is 18.7 Å². The largest absolute Gasteiger partial charge is 0.491 e. The van der Waals surface area contributed by atoms with Crippen LogP contribution < -0.4 is 10.3 Å². The summed E-state index contributed by atoms with van der Waals surface area (Å²) in [7, 11) is 0. The van der Waals surface area contributed by atoms with E-state index in [0.717, 1.165) is 12.1 Å². The van der Waals surface area contributed by atoms with Crippen LogP contribution in [-0.2, 0) is 13.0 Å². The Hall–Kier alpha value is -3.45. The molecule has 0 aliphatic carbocycles. The smallest absolute Gasteiger partial charge is 0.295 e. The molecule has 1 N–H and O–H groups in total. The standard InChI is InChI=1S/C22H22N4O3/c1-2-16-8-10-20(11-9-16)29-15-19(27)14-26-22(28)21-17(12-23-26)13-25(24-21)18-6-4-3-5-7-18/h3-13,19,27H,2,14-15H2,1H3. The Labute approximate surface area is 167 Å². The highest BCUT2D eigenvalue weighted by Crippen LogP contribution is 2.14. The number of hydrogen-bond acceptors (Lipinski definition) is 5. The Kier molecular flexibility index (Phi) is 5.39. The fraction of sp³-hybridized carbons (Fsp3) is 0.227. The van der Waals surface area contributed by atoms with Crippen molar-refractivity contribution >= 4 is 10.9 Å². The molecule has 0 saturated heterocycles. The number of hydrogen-bond donors (Lipinski definition) is 1. The SMILES string of the molecule is CCc1ccc(OCC(O)Cn2ncc3cn(-c4ccccc4)nc3c2=O)cc1. The van der Waals surface area contributed by atoms with Crippen molar-refractivity contribution in [2.45, 2.75) is 26.0 Å². The van der Waals surface area contributed by atoms with Gasteiger partial charge in [-0.2, -0.15) is 10.2 Å². The van der Waals surface area contributed by atoms with Crippen molar-refractivity contribution in [3.05, 3.63) is 82.9 Å². The highest BCUT2D eigenvalue weighted by Gasteiger charge is 2.13. The number of aliphatic hydroxyl groups is 1. The molecule has 0 aliphatic heterocycles. The first-order chi connectivity index (χ1) is 14.1. The van der Waals surface area contributed by atoms with Gasteiger partial charge < -0.3 is 9.84 Å². The number of fused-ring (bicyclic) bond motifs is 1. The number of para-hydroxylation sites is 1. The van der Waals surface area contributed by atoms with E-state index in [1.807, 2.05) is 54.6 Å². The molecule has 4 rings (SSSR count). The average molecular weight is 390 g/mol. The van der Waals surface area contributed by atoms with Crippen LogP contribution in [0.3, 0.4) is 0 Å². The molecule has 0 spiro atoms. The quantitative estimate of drug-likeness (QED) is 0.525. The predicted molar refractivity (Wildman–Crippen MR) is 110 cm³/mol. The number of benzene rings is 2. The van der Waals surface area contributed by atoms with Crippen LogP contribution in [0.4, 0.5) is 0 Å². The molecule has 0 bridgehead atoms. The van der Waals surface area contributed by atoms with E-state index in [0.29, 0.717) is 16.7 Å². The van der Waals surface area contributed by atoms with Crippen LogP contribution in [0, 0.1) is 0 Å². The molecule has 0 fully saturated rings. The molecule has 0 amide bonds. The molecule has 148 valence electrons. The number of ether oxygens (including phenoxy) is 1. The van der Waals surface area contributed by atoms with Gasteiger partial charge in [0.1, 0.15) is 18.5 Å². The van der Waals surface area contributed by atoms with Gasteiger partial charge in [0.05, 0.1) is 18.4 Å². The summed E-state index contributed by atoms with van der Waals surface area (Å²) in [4.78, 5) is 12.7. The van der Waals surface area contributed by atoms with Gasteiger partial charge in [0.15, 0.2) is 5.52 Å². The molecule has 2 aromatic carbocycles. The van der Waals surface area contributed by atoms with Crippen LogP contribution in [0.25, 0.3) is 16.6 Å². The topological polar surface area (TPSA) is 82.2 Å². The Balaban J connectivity index is 1.47. The molecule has 4 aromatic rings. The lowest BCUT2D eigenvalue weighted by molar-refractivity contribution is 0.0881. The average Bonchev–Trinajstić information content (AvgIpc) is 3.20. The summed E-state index contributed by atoms with van der Waals surface area (Å²) in [6.07, 6.45) is 3.43. The number of aryl methyl sites for hydroxylation is 1. The van der Waals surface area contributed by atoms with Gasteiger partial charge in [-0.1, -0.05) is 37.3 Å². The normalized spacial score (nSPS) is 12.2. The van der Waals surface area contributed by atoms with E-state index in [1.54, 1.807) is 17.1 Å². The lowest BCUT2D eigenvalue weighted by Crippen LogP contribution is -2.31. The Bertz CT molecular complexity index is 1150. The maximum absolute atomic E-state index is 12.7. The third-order valence-corrected chi connectivity index (χ3v) is 4.69. The molecule has 29 heavy (non-hydrogen) atoms. The van der Waals surface area contributed by atoms with Gasteiger partial charge in [-0.25, -0.2) is 9.36 Å². The summed E-state index contributed by atoms with van der Waals surface area (Å²) < 4.78 is 8.49. The molecule has 1 atom stereocenters. The van der Waals surface area contributed by atoms with Gasteiger partial charge in [0.2, 0.25) is 0 Å². The zero-order valence-electron chi connectivity index (χ0n) is 16.1. The van der Waals surface area contributed by atoms with E-state index in [4.69, 9.17) is 4.74 Å². The summed E-state index contributed by atoms with van der Waals surface area (Å²) in [5.41, 5.74) is 2.05. The molecule has 2 aromatic heterocycles. The van der Waals surface area contributed by atoms with Gasteiger partial charge in [-0.15, -0.1) is 0 Å². The summed E-state index contributed by atoms with van der Waals surface area (Å²) in [6.45, 7) is 2.18. The highest BCUT2D eigenvalue weighted by molar-refractivity contribution is 5.76. The summed E-state index contributed by atoms with van der Waals surface area (Å²) in [5.74, 6) is 0.679. The summed E-state index contributed by atoms with van der Waals surface area (Å²) in [6, 6.07) is 17.3. The molecule has 0 radical (unpaired) electrons. The van der Waals surface area contributed by atoms with Crippen LogP contribution in [0.1, 0.15) is 12.5 Å². The van der Waals surface area contributed by atoms with Crippen molar-refractivity contribution in [3.63, 3.8) is 0 Å². The monoisotopic (exact) mass is 390 g/mol. The van der Waals surface area contributed by atoms with Gasteiger partial charge in [0, 0.05) is 11.6 Å². The molecular weight excluding hydrogens is 368 g/mol. The molecule has 7 heteroatoms. The van der Waals surface area contributed by atoms with Crippen molar-refractivity contribution in [3.8, 4) is 11.4 Å². The number of rotatable bonds is 7. The molecule has 0 aliphatic rings. The lowest BCUT2D eigenvalue weighted by Gasteiger charge is -2.13. The van der Waals surface area contributed by atoms with Crippen molar-refractivity contribution in [2.75, 3.05) is 6.61 Å². The minimum absolute atomic E-state index is 0.0278. The first-order valence-corrected chi connectivity index (χ1v) is 9.55. The first kappa shape index (κ1) is 18.9. The van der Waals surface area contributed by atoms with Crippen molar-refractivity contribution < 1.29 is 9.84 Å². The summed E-state index contributed by atoms with van der Waals surface area (Å²) in [5, 5.41) is 19.5. The first-order valence-electron chi connectivity index (χ1n) is 9.55. The van der Waals surface area contributed by atoms with Gasteiger partial charge in [-0.05, 0) is 36.2 Å². The number of nitrogens with zero attached hydrogens (tertiary/aromatic N) is 4. The number of aromatic nitrogens is 4. The molecule has 7 nitrogen and oxygen atoms in total. The molecule has 1 unspecified atom stereocenters. The second-order valence-electron chi connectivity index (χ2n) is 6.81. The number of aliphatic hydroxyl groups excluding tert-OH is 1. The zero-order valence-corrected chi connectivity index (χ0v) is 16.1.